The molecular weight excluding hydrogens is 273 g/mol. The van der Waals surface area contributed by atoms with Gasteiger partial charge in [-0.1, -0.05) is 26.8 Å². The molecule has 0 saturated carbocycles. The highest BCUT2D eigenvalue weighted by Gasteiger charge is 2.27. The van der Waals surface area contributed by atoms with Gasteiger partial charge in [0.15, 0.2) is 0 Å². The van der Waals surface area contributed by atoms with Crippen LogP contribution in [-0.4, -0.2) is 16.9 Å². The number of nitrogens with two attached hydrogens (primary N) is 1. The number of rotatable bonds is 2. The first-order chi connectivity index (χ1) is 7.30. The van der Waals surface area contributed by atoms with Crippen molar-refractivity contribution in [2.24, 2.45) is 11.1 Å². The van der Waals surface area contributed by atoms with Gasteiger partial charge in [0.2, 0.25) is 5.91 Å². The molecule has 1 aromatic rings. The second-order valence-corrected chi connectivity index (χ2v) is 5.05. The number of pyridine rings is 1. The van der Waals surface area contributed by atoms with Gasteiger partial charge in [0.05, 0.1) is 6.04 Å². The van der Waals surface area contributed by atoms with Crippen molar-refractivity contribution in [3.63, 3.8) is 0 Å². The van der Waals surface area contributed by atoms with Crippen molar-refractivity contribution in [1.29, 1.82) is 0 Å². The number of anilines is 1. The summed E-state index contributed by atoms with van der Waals surface area (Å²) in [4.78, 5) is 15.9. The van der Waals surface area contributed by atoms with Crippen molar-refractivity contribution in [3.8, 4) is 0 Å². The average Bonchev–Trinajstić information content (AvgIpc) is 2.19. The van der Waals surface area contributed by atoms with Gasteiger partial charge in [-0.05, 0) is 24.0 Å². The number of nitrogens with zero attached hydrogens (tertiary/aromatic N) is 1. The summed E-state index contributed by atoms with van der Waals surface area (Å²) < 4.78 is 0. The summed E-state index contributed by atoms with van der Waals surface area (Å²) in [5, 5.41) is 2.70. The minimum atomic E-state index is -0.546. The quantitative estimate of drug-likeness (QED) is 0.880. The lowest BCUT2D eigenvalue weighted by Gasteiger charge is -2.25. The molecule has 0 bridgehead atoms. The summed E-state index contributed by atoms with van der Waals surface area (Å²) in [6.45, 7) is 7.74. The Kier molecular flexibility index (Phi) is 8.19. The molecule has 0 aliphatic carbocycles. The van der Waals surface area contributed by atoms with Crippen LogP contribution in [0.25, 0.3) is 0 Å². The molecule has 1 atom stereocenters. The molecule has 0 saturated heterocycles. The smallest absolute Gasteiger partial charge is 0.242 e. The highest BCUT2D eigenvalue weighted by molar-refractivity contribution is 5.94. The second kappa shape index (κ2) is 7.56. The number of halogens is 2. The molecular formula is C12H21Cl2N3O. The summed E-state index contributed by atoms with van der Waals surface area (Å²) in [5.41, 5.74) is 6.63. The van der Waals surface area contributed by atoms with E-state index in [4.69, 9.17) is 5.73 Å². The van der Waals surface area contributed by atoms with Crippen LogP contribution in [0.15, 0.2) is 18.3 Å². The third kappa shape index (κ3) is 5.67. The Morgan fingerprint density at radius 2 is 1.89 bits per heavy atom. The Morgan fingerprint density at radius 3 is 2.28 bits per heavy atom. The van der Waals surface area contributed by atoms with Crippen molar-refractivity contribution >= 4 is 36.5 Å². The van der Waals surface area contributed by atoms with E-state index in [9.17, 15) is 4.79 Å². The molecule has 0 fully saturated rings. The van der Waals surface area contributed by atoms with E-state index in [-0.39, 0.29) is 36.1 Å². The van der Waals surface area contributed by atoms with Crippen molar-refractivity contribution in [2.45, 2.75) is 33.7 Å². The van der Waals surface area contributed by atoms with Crippen LogP contribution in [0.4, 0.5) is 5.82 Å². The molecule has 0 unspecified atom stereocenters. The second-order valence-electron chi connectivity index (χ2n) is 5.05. The molecule has 1 amide bonds. The van der Waals surface area contributed by atoms with Crippen LogP contribution in [0.5, 0.6) is 0 Å². The Morgan fingerprint density at radius 1 is 1.33 bits per heavy atom. The van der Waals surface area contributed by atoms with Crippen molar-refractivity contribution < 1.29 is 4.79 Å². The van der Waals surface area contributed by atoms with E-state index < -0.39 is 6.04 Å². The number of hydrogen-bond acceptors (Lipinski definition) is 3. The molecule has 3 N–H and O–H groups in total. The number of nitrogens with one attached hydrogen (secondary N) is 1. The first kappa shape index (κ1) is 19.5. The fourth-order valence-corrected chi connectivity index (χ4v) is 1.14. The van der Waals surface area contributed by atoms with Gasteiger partial charge in [-0.3, -0.25) is 4.79 Å². The molecule has 0 aliphatic heterocycles. The maximum atomic E-state index is 11.8. The number of carbonyl (C=O) groups is 1. The van der Waals surface area contributed by atoms with E-state index in [1.807, 2.05) is 33.8 Å². The Bertz CT molecular complexity index is 374. The zero-order valence-corrected chi connectivity index (χ0v) is 12.7. The van der Waals surface area contributed by atoms with Gasteiger partial charge < -0.3 is 11.1 Å². The first-order valence-electron chi connectivity index (χ1n) is 5.30. The summed E-state index contributed by atoms with van der Waals surface area (Å²) >= 11 is 0. The van der Waals surface area contributed by atoms with Crippen LogP contribution in [-0.2, 0) is 4.79 Å². The Balaban J connectivity index is 0. The lowest BCUT2D eigenvalue weighted by Crippen LogP contribution is -2.45. The molecule has 6 heteroatoms. The Hall–Kier alpha value is -0.840. The number of aryl methyl sites for hydroxylation is 1. The summed E-state index contributed by atoms with van der Waals surface area (Å²) in [6, 6.07) is 3.11. The van der Waals surface area contributed by atoms with Gasteiger partial charge in [-0.15, -0.1) is 24.8 Å². The molecule has 0 radical (unpaired) electrons. The third-order valence-corrected chi connectivity index (χ3v) is 2.38. The van der Waals surface area contributed by atoms with E-state index in [0.29, 0.717) is 5.82 Å². The van der Waals surface area contributed by atoms with E-state index in [1.54, 1.807) is 12.3 Å². The molecule has 0 spiro atoms. The molecule has 1 aromatic heterocycles. The minimum Gasteiger partial charge on any atom is -0.319 e. The van der Waals surface area contributed by atoms with Gasteiger partial charge in [-0.25, -0.2) is 4.98 Å². The Labute approximate surface area is 121 Å². The normalized spacial score (nSPS) is 11.8. The fourth-order valence-electron chi connectivity index (χ4n) is 1.14. The third-order valence-electron chi connectivity index (χ3n) is 2.38. The van der Waals surface area contributed by atoms with Crippen LogP contribution in [0, 0.1) is 12.3 Å². The highest BCUT2D eigenvalue weighted by atomic mass is 35.5. The highest BCUT2D eigenvalue weighted by Crippen LogP contribution is 2.18. The largest absolute Gasteiger partial charge is 0.319 e. The van der Waals surface area contributed by atoms with Gasteiger partial charge in [0.1, 0.15) is 5.82 Å². The minimum absolute atomic E-state index is 0. The molecule has 18 heavy (non-hydrogen) atoms. The predicted octanol–water partition coefficient (Wildman–Crippen LogP) is 2.55. The SMILES string of the molecule is Cc1ccc(NC(=O)[C@@H](N)C(C)(C)C)nc1.Cl.Cl. The monoisotopic (exact) mass is 293 g/mol. The lowest BCUT2D eigenvalue weighted by molar-refractivity contribution is -0.119. The first-order valence-corrected chi connectivity index (χ1v) is 5.30. The van der Waals surface area contributed by atoms with E-state index in [2.05, 4.69) is 10.3 Å². The molecule has 4 nitrogen and oxygen atoms in total. The fraction of sp³-hybridized carbons (Fsp3) is 0.500. The summed E-state index contributed by atoms with van der Waals surface area (Å²) in [7, 11) is 0. The van der Waals surface area contributed by atoms with Gasteiger partial charge in [0.25, 0.3) is 0 Å². The van der Waals surface area contributed by atoms with Gasteiger partial charge >= 0.3 is 0 Å². The number of carbonyl (C=O) groups excluding carboxylic acids is 1. The summed E-state index contributed by atoms with van der Waals surface area (Å²) in [5.74, 6) is 0.333. The van der Waals surface area contributed by atoms with Crippen LogP contribution >= 0.6 is 24.8 Å². The van der Waals surface area contributed by atoms with Crippen LogP contribution in [0.3, 0.4) is 0 Å². The molecule has 104 valence electrons. The van der Waals surface area contributed by atoms with Crippen LogP contribution < -0.4 is 11.1 Å². The van der Waals surface area contributed by atoms with E-state index in [0.717, 1.165) is 5.56 Å². The zero-order valence-electron chi connectivity index (χ0n) is 11.1. The molecule has 1 rings (SSSR count). The lowest BCUT2D eigenvalue weighted by atomic mass is 9.87. The molecule has 0 aromatic carbocycles. The average molecular weight is 294 g/mol. The van der Waals surface area contributed by atoms with Gasteiger partial charge in [-0.2, -0.15) is 0 Å². The molecule has 0 aliphatic rings. The van der Waals surface area contributed by atoms with Crippen LogP contribution in [0.1, 0.15) is 26.3 Å². The van der Waals surface area contributed by atoms with E-state index >= 15 is 0 Å². The topological polar surface area (TPSA) is 68.0 Å². The number of hydrogen-bond donors (Lipinski definition) is 2. The maximum absolute atomic E-state index is 11.8. The maximum Gasteiger partial charge on any atom is 0.242 e. The number of amides is 1. The van der Waals surface area contributed by atoms with Crippen molar-refractivity contribution in [1.82, 2.24) is 4.98 Å². The predicted molar refractivity (Wildman–Crippen MR) is 79.5 cm³/mol. The number of aromatic nitrogens is 1. The van der Waals surface area contributed by atoms with Crippen LogP contribution in [0.2, 0.25) is 0 Å². The van der Waals surface area contributed by atoms with Crippen molar-refractivity contribution in [3.05, 3.63) is 23.9 Å². The zero-order chi connectivity index (χ0) is 12.3. The molecule has 1 heterocycles. The standard InChI is InChI=1S/C12H19N3O.2ClH/c1-8-5-6-9(14-7-8)15-11(16)10(13)12(2,3)4;;/h5-7,10H,13H2,1-4H3,(H,14,15,16);2*1H/t10-;;/m1../s1. The van der Waals surface area contributed by atoms with Crippen molar-refractivity contribution in [2.75, 3.05) is 5.32 Å². The summed E-state index contributed by atoms with van der Waals surface area (Å²) in [6.07, 6.45) is 1.71. The van der Waals surface area contributed by atoms with Gasteiger partial charge in [0, 0.05) is 6.20 Å². The van der Waals surface area contributed by atoms with E-state index in [1.165, 1.54) is 0 Å².